The minimum Gasteiger partial charge on any atom is -0.387 e. The van der Waals surface area contributed by atoms with Crippen LogP contribution in [0.4, 0.5) is 10.5 Å². The molecule has 1 atom stereocenters. The molecule has 25 heavy (non-hydrogen) atoms. The molecule has 2 rings (SSSR count). The van der Waals surface area contributed by atoms with Crippen molar-refractivity contribution in [2.24, 2.45) is 0 Å². The van der Waals surface area contributed by atoms with Crippen LogP contribution in [0.25, 0.3) is 0 Å². The second kappa shape index (κ2) is 8.61. The number of urea groups is 1. The Labute approximate surface area is 148 Å². The van der Waals surface area contributed by atoms with E-state index in [1.54, 1.807) is 0 Å². The Morgan fingerprint density at radius 3 is 2.64 bits per heavy atom. The number of piperidine rings is 1. The van der Waals surface area contributed by atoms with Crippen LogP contribution < -0.4 is 20.7 Å². The average molecular weight is 370 g/mol. The summed E-state index contributed by atoms with van der Waals surface area (Å²) in [5.41, 5.74) is -0.459. The van der Waals surface area contributed by atoms with Crippen molar-refractivity contribution in [2.45, 2.75) is 36.7 Å². The zero-order chi connectivity index (χ0) is 18.3. The largest absolute Gasteiger partial charge is 0.387 e. The van der Waals surface area contributed by atoms with Gasteiger partial charge in [0.2, 0.25) is 10.0 Å². The highest BCUT2D eigenvalue weighted by Gasteiger charge is 2.29. The van der Waals surface area contributed by atoms with E-state index in [9.17, 15) is 18.3 Å². The summed E-state index contributed by atoms with van der Waals surface area (Å²) in [5, 5.41) is 18.7. The number of carbonyl (C=O) groups excluding carboxylic acids is 1. The number of nitrogens with one attached hydrogen (secondary N) is 4. The Morgan fingerprint density at radius 2 is 2.04 bits per heavy atom. The summed E-state index contributed by atoms with van der Waals surface area (Å²) in [5.74, 6) is 0. The molecule has 9 heteroatoms. The highest BCUT2D eigenvalue weighted by atomic mass is 32.2. The Balaban J connectivity index is 1.87. The summed E-state index contributed by atoms with van der Waals surface area (Å²) in [4.78, 5) is 12.1. The Morgan fingerprint density at radius 1 is 1.32 bits per heavy atom. The molecule has 5 N–H and O–H groups in total. The molecule has 1 aromatic carbocycles. The first-order valence-electron chi connectivity index (χ1n) is 8.42. The molecule has 1 unspecified atom stereocenters. The summed E-state index contributed by atoms with van der Waals surface area (Å²) < 4.78 is 26.5. The maximum Gasteiger partial charge on any atom is 0.319 e. The predicted molar refractivity (Wildman–Crippen MR) is 96.0 cm³/mol. The molecule has 1 aliphatic heterocycles. The lowest BCUT2D eigenvalue weighted by atomic mass is 9.94. The second-order valence-corrected chi connectivity index (χ2v) is 8.00. The van der Waals surface area contributed by atoms with Gasteiger partial charge in [0.25, 0.3) is 0 Å². The number of sulfonamides is 1. The fourth-order valence-electron chi connectivity index (χ4n) is 2.56. The Bertz CT molecular complexity index is 670. The molecule has 2 amide bonds. The molecule has 0 radical (unpaired) electrons. The van der Waals surface area contributed by atoms with Crippen LogP contribution in [0, 0.1) is 0 Å². The van der Waals surface area contributed by atoms with Crippen LogP contribution in [-0.2, 0) is 10.0 Å². The van der Waals surface area contributed by atoms with Gasteiger partial charge in [0.1, 0.15) is 0 Å². The molecule has 1 aliphatic rings. The van der Waals surface area contributed by atoms with Gasteiger partial charge >= 0.3 is 6.03 Å². The molecule has 0 bridgehead atoms. The van der Waals surface area contributed by atoms with Crippen LogP contribution in [0.1, 0.15) is 26.2 Å². The molecule has 0 saturated carbocycles. The summed E-state index contributed by atoms with van der Waals surface area (Å²) >= 11 is 0. The summed E-state index contributed by atoms with van der Waals surface area (Å²) in [7, 11) is -3.52. The Kier molecular flexibility index (Phi) is 6.77. The van der Waals surface area contributed by atoms with E-state index in [0.717, 1.165) is 13.0 Å². The summed E-state index contributed by atoms with van der Waals surface area (Å²) in [6, 6.07) is 5.48. The third-order valence-electron chi connectivity index (χ3n) is 3.99. The van der Waals surface area contributed by atoms with Gasteiger partial charge < -0.3 is 21.1 Å². The van der Waals surface area contributed by atoms with Crippen LogP contribution in [0.3, 0.4) is 0 Å². The number of amides is 2. The van der Waals surface area contributed by atoms with E-state index in [0.29, 0.717) is 31.6 Å². The first-order valence-corrected chi connectivity index (χ1v) is 9.91. The first-order chi connectivity index (χ1) is 11.8. The number of hydrogen-bond donors (Lipinski definition) is 5. The Hall–Kier alpha value is -1.68. The van der Waals surface area contributed by atoms with E-state index in [4.69, 9.17) is 0 Å². The maximum absolute atomic E-state index is 12.0. The van der Waals surface area contributed by atoms with E-state index in [1.807, 2.05) is 6.92 Å². The molecule has 1 saturated heterocycles. The van der Waals surface area contributed by atoms with Crippen molar-refractivity contribution in [3.05, 3.63) is 24.3 Å². The summed E-state index contributed by atoms with van der Waals surface area (Å²) in [6.07, 6.45) is 2.21. The molecule has 140 valence electrons. The van der Waals surface area contributed by atoms with Gasteiger partial charge in [0.15, 0.2) is 0 Å². The van der Waals surface area contributed by atoms with Crippen molar-refractivity contribution >= 4 is 21.7 Å². The zero-order valence-corrected chi connectivity index (χ0v) is 15.2. The van der Waals surface area contributed by atoms with E-state index in [-0.39, 0.29) is 11.4 Å². The van der Waals surface area contributed by atoms with Crippen LogP contribution in [-0.4, -0.2) is 51.3 Å². The quantitative estimate of drug-likeness (QED) is 0.482. The SMILES string of the molecule is CCCNS(=O)(=O)c1ccc(NC(=O)NCC2(O)CCCNC2)cc1. The normalized spacial score (nSPS) is 20.9. The lowest BCUT2D eigenvalue weighted by molar-refractivity contribution is 0.0198. The van der Waals surface area contributed by atoms with Gasteiger partial charge in [0, 0.05) is 25.3 Å². The van der Waals surface area contributed by atoms with Crippen molar-refractivity contribution in [1.29, 1.82) is 0 Å². The van der Waals surface area contributed by atoms with E-state index < -0.39 is 21.7 Å². The van der Waals surface area contributed by atoms with Crippen LogP contribution >= 0.6 is 0 Å². The van der Waals surface area contributed by atoms with Gasteiger partial charge in [-0.05, 0) is 50.1 Å². The van der Waals surface area contributed by atoms with Crippen LogP contribution in [0.15, 0.2) is 29.2 Å². The minimum absolute atomic E-state index is 0.148. The van der Waals surface area contributed by atoms with Gasteiger partial charge in [-0.1, -0.05) is 6.92 Å². The third kappa shape index (κ3) is 5.96. The monoisotopic (exact) mass is 370 g/mol. The van der Waals surface area contributed by atoms with Crippen molar-refractivity contribution < 1.29 is 18.3 Å². The highest BCUT2D eigenvalue weighted by molar-refractivity contribution is 7.89. The molecular weight excluding hydrogens is 344 g/mol. The fourth-order valence-corrected chi connectivity index (χ4v) is 3.69. The minimum atomic E-state index is -3.52. The molecule has 1 heterocycles. The number of β-amino-alcohol motifs (C(OH)–C–C–N with tert-alkyl or cyclic N) is 1. The fraction of sp³-hybridized carbons (Fsp3) is 0.562. The lowest BCUT2D eigenvalue weighted by Gasteiger charge is -2.32. The van der Waals surface area contributed by atoms with Crippen LogP contribution in [0.5, 0.6) is 0 Å². The van der Waals surface area contributed by atoms with E-state index in [1.165, 1.54) is 24.3 Å². The third-order valence-corrected chi connectivity index (χ3v) is 5.47. The summed E-state index contributed by atoms with van der Waals surface area (Å²) in [6.45, 7) is 3.73. The van der Waals surface area contributed by atoms with E-state index in [2.05, 4.69) is 20.7 Å². The first kappa shape index (κ1) is 19.6. The molecule has 0 spiro atoms. The molecule has 8 nitrogen and oxygen atoms in total. The van der Waals surface area contributed by atoms with Crippen molar-refractivity contribution in [2.75, 3.05) is 31.5 Å². The van der Waals surface area contributed by atoms with Gasteiger partial charge in [-0.3, -0.25) is 0 Å². The van der Waals surface area contributed by atoms with Gasteiger partial charge in [0.05, 0.1) is 10.5 Å². The number of anilines is 1. The van der Waals surface area contributed by atoms with Gasteiger partial charge in [-0.2, -0.15) is 0 Å². The van der Waals surface area contributed by atoms with Gasteiger partial charge in [-0.25, -0.2) is 17.9 Å². The molecule has 1 aromatic rings. The van der Waals surface area contributed by atoms with Crippen LogP contribution in [0.2, 0.25) is 0 Å². The average Bonchev–Trinajstić information content (AvgIpc) is 2.60. The number of aliphatic hydroxyl groups is 1. The molecule has 0 aliphatic carbocycles. The topological polar surface area (TPSA) is 120 Å². The highest BCUT2D eigenvalue weighted by Crippen LogP contribution is 2.16. The number of rotatable bonds is 7. The number of hydrogen-bond acceptors (Lipinski definition) is 5. The number of benzene rings is 1. The van der Waals surface area contributed by atoms with E-state index >= 15 is 0 Å². The predicted octanol–water partition coefficient (Wildman–Crippen LogP) is 0.611. The van der Waals surface area contributed by atoms with Crippen molar-refractivity contribution in [1.82, 2.24) is 15.4 Å². The smallest absolute Gasteiger partial charge is 0.319 e. The molecule has 0 aromatic heterocycles. The number of carbonyl (C=O) groups is 1. The standard InChI is InChI=1S/C16H26N4O4S/c1-2-9-19-25(23,24)14-6-4-13(5-7-14)20-15(21)18-12-16(22)8-3-10-17-11-16/h4-7,17,19,22H,2-3,8-12H2,1H3,(H2,18,20,21). The van der Waals surface area contributed by atoms with Crippen molar-refractivity contribution in [3.8, 4) is 0 Å². The molecular formula is C16H26N4O4S. The zero-order valence-electron chi connectivity index (χ0n) is 14.3. The van der Waals surface area contributed by atoms with Gasteiger partial charge in [-0.15, -0.1) is 0 Å². The maximum atomic E-state index is 12.0. The van der Waals surface area contributed by atoms with Crippen molar-refractivity contribution in [3.63, 3.8) is 0 Å². The lowest BCUT2D eigenvalue weighted by Crippen LogP contribution is -2.53. The second-order valence-electron chi connectivity index (χ2n) is 6.23. The molecule has 1 fully saturated rings.